The van der Waals surface area contributed by atoms with Crippen LogP contribution in [0.25, 0.3) is 5.78 Å². The molecule has 1 aliphatic carbocycles. The fraction of sp³-hybridized carbons (Fsp3) is 0.455. The summed E-state index contributed by atoms with van der Waals surface area (Å²) in [6.45, 7) is 3.93. The zero-order valence-corrected chi connectivity index (χ0v) is 18.4. The summed E-state index contributed by atoms with van der Waals surface area (Å²) in [5.74, 6) is 1.75. The molecule has 2 aromatic heterocycles. The van der Waals surface area contributed by atoms with E-state index in [1.165, 1.54) is 17.3 Å². The van der Waals surface area contributed by atoms with Crippen LogP contribution in [0, 0.1) is 12.8 Å². The van der Waals surface area contributed by atoms with E-state index in [2.05, 4.69) is 27.2 Å². The molecule has 1 amide bonds. The van der Waals surface area contributed by atoms with Crippen LogP contribution in [0.2, 0.25) is 0 Å². The van der Waals surface area contributed by atoms with Gasteiger partial charge in [0.15, 0.2) is 0 Å². The summed E-state index contributed by atoms with van der Waals surface area (Å²) in [6.07, 6.45) is 2.67. The van der Waals surface area contributed by atoms with Gasteiger partial charge in [-0.1, -0.05) is 42.1 Å². The third kappa shape index (κ3) is 4.24. The third-order valence-electron chi connectivity index (χ3n) is 5.77. The molecule has 9 heteroatoms. The summed E-state index contributed by atoms with van der Waals surface area (Å²) in [5, 5.41) is 5.07. The molecule has 31 heavy (non-hydrogen) atoms. The minimum absolute atomic E-state index is 0.0876. The number of aromatic nitrogens is 4. The Morgan fingerprint density at radius 1 is 1.29 bits per heavy atom. The Hall–Kier alpha value is -2.65. The van der Waals surface area contributed by atoms with Crippen molar-refractivity contribution in [1.29, 1.82) is 0 Å². The molecule has 2 fully saturated rings. The molecule has 3 heterocycles. The van der Waals surface area contributed by atoms with Gasteiger partial charge < -0.3 is 14.4 Å². The second-order valence-corrected chi connectivity index (χ2v) is 8.77. The number of rotatable bonds is 6. The van der Waals surface area contributed by atoms with E-state index in [1.807, 2.05) is 42.3 Å². The maximum Gasteiger partial charge on any atom is 0.256 e. The number of benzene rings is 1. The molecule has 0 bridgehead atoms. The van der Waals surface area contributed by atoms with Crippen LogP contribution in [0.1, 0.15) is 23.6 Å². The van der Waals surface area contributed by atoms with Gasteiger partial charge in [-0.05, 0) is 31.1 Å². The van der Waals surface area contributed by atoms with Crippen molar-refractivity contribution >= 4 is 23.4 Å². The average Bonchev–Trinajstić information content (AvgIpc) is 3.49. The number of nitrogens with zero attached hydrogens (tertiary/aromatic N) is 5. The quantitative estimate of drug-likeness (QED) is 0.546. The summed E-state index contributed by atoms with van der Waals surface area (Å²) < 4.78 is 13.5. The second kappa shape index (κ2) is 8.47. The fourth-order valence-corrected chi connectivity index (χ4v) is 4.43. The minimum atomic E-state index is -0.182. The van der Waals surface area contributed by atoms with Gasteiger partial charge in [-0.25, -0.2) is 4.98 Å². The van der Waals surface area contributed by atoms with Gasteiger partial charge in [-0.15, -0.1) is 5.10 Å². The van der Waals surface area contributed by atoms with Crippen molar-refractivity contribution in [3.63, 3.8) is 0 Å². The van der Waals surface area contributed by atoms with Crippen molar-refractivity contribution in [1.82, 2.24) is 24.5 Å². The Labute approximate surface area is 185 Å². The van der Waals surface area contributed by atoms with Crippen LogP contribution in [0.4, 0.5) is 0 Å². The highest BCUT2D eigenvalue weighted by molar-refractivity contribution is 7.98. The van der Waals surface area contributed by atoms with Crippen LogP contribution in [0.3, 0.4) is 0 Å². The molecule has 3 atom stereocenters. The van der Waals surface area contributed by atoms with Crippen molar-refractivity contribution in [2.24, 2.45) is 5.92 Å². The van der Waals surface area contributed by atoms with Gasteiger partial charge in [0.2, 0.25) is 16.9 Å². The van der Waals surface area contributed by atoms with Crippen molar-refractivity contribution in [2.45, 2.75) is 30.5 Å². The topological polar surface area (TPSA) is 81.9 Å². The number of thioether (sulfide) groups is 1. The molecule has 5 rings (SSSR count). The van der Waals surface area contributed by atoms with E-state index in [0.717, 1.165) is 12.1 Å². The Morgan fingerprint density at radius 3 is 2.94 bits per heavy atom. The molecular weight excluding hydrogens is 414 g/mol. The predicted molar refractivity (Wildman–Crippen MR) is 116 cm³/mol. The van der Waals surface area contributed by atoms with Crippen LogP contribution in [-0.2, 0) is 9.53 Å². The van der Waals surface area contributed by atoms with Gasteiger partial charge in [0.1, 0.15) is 12.7 Å². The number of carbonyl (C=O) groups is 1. The largest absolute Gasteiger partial charge is 0.475 e. The van der Waals surface area contributed by atoms with Crippen LogP contribution in [-0.4, -0.2) is 69.1 Å². The van der Waals surface area contributed by atoms with E-state index >= 15 is 0 Å². The van der Waals surface area contributed by atoms with Crippen LogP contribution in [0.15, 0.2) is 41.6 Å². The number of hydrogen-bond donors (Lipinski definition) is 0. The standard InChI is InChI=1S/C22H25N5O3S/c1-14-10-19(27-21(23-14)24-22(25-27)31-2)30-13-16-12-26(8-9-29-16)20(28)18-11-17(18)15-6-4-3-5-7-15/h3-7,10,16-18H,8-9,11-13H2,1-2H3/t16?,17-,18+/m0/s1. The number of carbonyl (C=O) groups excluding carboxylic acids is 1. The molecule has 3 aromatic rings. The summed E-state index contributed by atoms with van der Waals surface area (Å²) in [4.78, 5) is 23.7. The molecule has 8 nitrogen and oxygen atoms in total. The monoisotopic (exact) mass is 439 g/mol. The molecule has 1 aromatic carbocycles. The van der Waals surface area contributed by atoms with Gasteiger partial charge >= 0.3 is 0 Å². The molecule has 162 valence electrons. The molecule has 1 saturated carbocycles. The highest BCUT2D eigenvalue weighted by Crippen LogP contribution is 2.48. The highest BCUT2D eigenvalue weighted by atomic mass is 32.2. The number of amides is 1. The molecular formula is C22H25N5O3S. The number of aryl methyl sites for hydroxylation is 1. The molecule has 0 spiro atoms. The Bertz CT molecular complexity index is 1090. The van der Waals surface area contributed by atoms with Gasteiger partial charge in [0, 0.05) is 24.2 Å². The Kier molecular flexibility index (Phi) is 5.54. The summed E-state index contributed by atoms with van der Waals surface area (Å²) >= 11 is 1.46. The van der Waals surface area contributed by atoms with Crippen LogP contribution in [0.5, 0.6) is 5.88 Å². The maximum atomic E-state index is 13.0. The van der Waals surface area contributed by atoms with Crippen molar-refractivity contribution in [3.8, 4) is 5.88 Å². The molecule has 1 unspecified atom stereocenters. The lowest BCUT2D eigenvalue weighted by atomic mass is 10.1. The van der Waals surface area contributed by atoms with Gasteiger partial charge in [-0.3, -0.25) is 4.79 Å². The average molecular weight is 440 g/mol. The lowest BCUT2D eigenvalue weighted by Gasteiger charge is -2.33. The summed E-state index contributed by atoms with van der Waals surface area (Å²) in [5.41, 5.74) is 2.06. The predicted octanol–water partition coefficient (Wildman–Crippen LogP) is 2.56. The highest BCUT2D eigenvalue weighted by Gasteiger charge is 2.46. The van der Waals surface area contributed by atoms with E-state index in [4.69, 9.17) is 9.47 Å². The SMILES string of the molecule is CSc1nc2nc(C)cc(OCC3CN(C(=O)[C@@H]4C[C@H]4c4ccccc4)CCO3)n2n1. The number of ether oxygens (including phenoxy) is 2. The van der Waals surface area contributed by atoms with Gasteiger partial charge in [-0.2, -0.15) is 9.50 Å². The molecule has 2 aliphatic rings. The first-order valence-corrected chi connectivity index (χ1v) is 11.7. The minimum Gasteiger partial charge on any atom is -0.475 e. The van der Waals surface area contributed by atoms with Gasteiger partial charge in [0.05, 0.1) is 13.2 Å². The first kappa shape index (κ1) is 20.3. The maximum absolute atomic E-state index is 13.0. The molecule has 1 aliphatic heterocycles. The fourth-order valence-electron chi connectivity index (χ4n) is 4.09. The number of fused-ring (bicyclic) bond motifs is 1. The smallest absolute Gasteiger partial charge is 0.256 e. The van der Waals surface area contributed by atoms with E-state index < -0.39 is 0 Å². The van der Waals surface area contributed by atoms with E-state index in [0.29, 0.717) is 49.0 Å². The number of hydrogen-bond acceptors (Lipinski definition) is 7. The third-order valence-corrected chi connectivity index (χ3v) is 6.31. The van der Waals surface area contributed by atoms with E-state index in [9.17, 15) is 4.79 Å². The first-order valence-electron chi connectivity index (χ1n) is 10.5. The van der Waals surface area contributed by atoms with Crippen molar-refractivity contribution < 1.29 is 14.3 Å². The lowest BCUT2D eigenvalue weighted by molar-refractivity contribution is -0.141. The zero-order chi connectivity index (χ0) is 21.4. The van der Waals surface area contributed by atoms with Gasteiger partial charge in [0.25, 0.3) is 5.78 Å². The van der Waals surface area contributed by atoms with Crippen molar-refractivity contribution in [2.75, 3.05) is 32.6 Å². The lowest BCUT2D eigenvalue weighted by Crippen LogP contribution is -2.48. The van der Waals surface area contributed by atoms with Crippen LogP contribution < -0.4 is 4.74 Å². The van der Waals surface area contributed by atoms with Crippen molar-refractivity contribution in [3.05, 3.63) is 47.7 Å². The first-order chi connectivity index (χ1) is 15.1. The Balaban J connectivity index is 1.21. The molecule has 0 N–H and O–H groups in total. The van der Waals surface area contributed by atoms with E-state index in [1.54, 1.807) is 4.52 Å². The molecule has 1 saturated heterocycles. The summed E-state index contributed by atoms with van der Waals surface area (Å²) in [6, 6.07) is 12.1. The zero-order valence-electron chi connectivity index (χ0n) is 17.6. The Morgan fingerprint density at radius 2 is 2.13 bits per heavy atom. The summed E-state index contributed by atoms with van der Waals surface area (Å²) in [7, 11) is 0. The van der Waals surface area contributed by atoms with Crippen LogP contribution >= 0.6 is 11.8 Å². The molecule has 0 radical (unpaired) electrons. The second-order valence-electron chi connectivity index (χ2n) is 7.99. The van der Waals surface area contributed by atoms with E-state index in [-0.39, 0.29) is 17.9 Å². The number of morpholine rings is 1. The normalized spacial score (nSPS) is 23.2.